The first kappa shape index (κ1) is 21.9. The van der Waals surface area contributed by atoms with E-state index < -0.39 is 5.41 Å². The Balaban J connectivity index is 1.78. The van der Waals surface area contributed by atoms with Crippen molar-refractivity contribution in [2.45, 2.75) is 38.5 Å². The van der Waals surface area contributed by atoms with E-state index in [0.29, 0.717) is 5.75 Å². The zero-order valence-electron chi connectivity index (χ0n) is 20.0. The number of fused-ring (bicyclic) bond motifs is 1. The molecule has 0 spiro atoms. The van der Waals surface area contributed by atoms with E-state index in [0.717, 1.165) is 38.9 Å². The molecule has 34 heavy (non-hydrogen) atoms. The summed E-state index contributed by atoms with van der Waals surface area (Å²) >= 11 is 0. The average molecular weight is 448 g/mol. The van der Waals surface area contributed by atoms with Crippen LogP contribution < -0.4 is 0 Å². The SMILES string of the molecule is CC(C)(c1ccccc1)c1ccc(-c2ccc3n[nH]nc3c2)c(O)c1C(C)(C)c1ccccc1. The minimum Gasteiger partial charge on any atom is -0.507 e. The lowest BCUT2D eigenvalue weighted by atomic mass is 9.67. The van der Waals surface area contributed by atoms with Gasteiger partial charge in [-0.15, -0.1) is 0 Å². The molecule has 5 rings (SSSR count). The van der Waals surface area contributed by atoms with E-state index in [-0.39, 0.29) is 5.41 Å². The van der Waals surface area contributed by atoms with Crippen LogP contribution in [0.25, 0.3) is 22.2 Å². The summed E-state index contributed by atoms with van der Waals surface area (Å²) in [6, 6.07) is 31.0. The van der Waals surface area contributed by atoms with Crippen molar-refractivity contribution in [3.05, 3.63) is 113 Å². The second kappa shape index (κ2) is 8.14. The highest BCUT2D eigenvalue weighted by Gasteiger charge is 2.36. The molecule has 0 aliphatic heterocycles. The van der Waals surface area contributed by atoms with E-state index in [1.165, 1.54) is 5.56 Å². The molecule has 0 unspecified atom stereocenters. The molecule has 0 bridgehead atoms. The highest BCUT2D eigenvalue weighted by atomic mass is 16.3. The number of aromatic hydroxyl groups is 1. The second-order valence-corrected chi connectivity index (χ2v) is 9.89. The summed E-state index contributed by atoms with van der Waals surface area (Å²) in [5.74, 6) is 0.304. The Morgan fingerprint density at radius 2 is 1.24 bits per heavy atom. The third-order valence-electron chi connectivity index (χ3n) is 7.09. The van der Waals surface area contributed by atoms with Gasteiger partial charge in [0, 0.05) is 22.0 Å². The van der Waals surface area contributed by atoms with Crippen LogP contribution in [0.5, 0.6) is 5.75 Å². The third-order valence-corrected chi connectivity index (χ3v) is 7.09. The maximum atomic E-state index is 11.9. The Kier molecular flexibility index (Phi) is 5.24. The Labute approximate surface area is 200 Å². The van der Waals surface area contributed by atoms with Crippen LogP contribution in [0.3, 0.4) is 0 Å². The zero-order chi connectivity index (χ0) is 23.9. The fourth-order valence-electron chi connectivity index (χ4n) is 4.99. The van der Waals surface area contributed by atoms with Crippen molar-refractivity contribution in [3.8, 4) is 16.9 Å². The molecule has 0 amide bonds. The number of aromatic amines is 1. The molecule has 0 aliphatic carbocycles. The van der Waals surface area contributed by atoms with E-state index in [1.807, 2.05) is 36.4 Å². The minimum atomic E-state index is -0.430. The zero-order valence-corrected chi connectivity index (χ0v) is 20.0. The van der Waals surface area contributed by atoms with Gasteiger partial charge in [-0.2, -0.15) is 15.4 Å². The first-order chi connectivity index (χ1) is 16.3. The van der Waals surface area contributed by atoms with Gasteiger partial charge in [-0.25, -0.2) is 0 Å². The van der Waals surface area contributed by atoms with Crippen molar-refractivity contribution in [1.29, 1.82) is 0 Å². The molecule has 0 saturated heterocycles. The standard InChI is InChI=1S/C30H29N3O/c1-29(2,21-11-7-5-8-12-21)24-17-16-23(20-15-18-25-26(19-20)32-33-31-25)28(34)27(24)30(3,4)22-13-9-6-10-14-22/h5-19,34H,1-4H3,(H,31,32,33). The van der Waals surface area contributed by atoms with Gasteiger partial charge in [0.05, 0.1) is 0 Å². The Bertz CT molecular complexity index is 1450. The summed E-state index contributed by atoms with van der Waals surface area (Å²) in [5.41, 5.74) is 6.93. The number of phenolic OH excluding ortho intramolecular Hbond substituents is 1. The first-order valence-electron chi connectivity index (χ1n) is 11.6. The van der Waals surface area contributed by atoms with Crippen LogP contribution in [0, 0.1) is 0 Å². The lowest BCUT2D eigenvalue weighted by Crippen LogP contribution is -2.28. The molecule has 1 aromatic heterocycles. The molecule has 0 atom stereocenters. The van der Waals surface area contributed by atoms with Gasteiger partial charge in [-0.3, -0.25) is 0 Å². The first-order valence-corrected chi connectivity index (χ1v) is 11.6. The summed E-state index contributed by atoms with van der Waals surface area (Å²) in [4.78, 5) is 0. The van der Waals surface area contributed by atoms with Gasteiger partial charge in [-0.1, -0.05) is 107 Å². The second-order valence-electron chi connectivity index (χ2n) is 9.89. The van der Waals surface area contributed by atoms with Crippen molar-refractivity contribution in [2.24, 2.45) is 0 Å². The molecule has 1 heterocycles. The summed E-state index contributed by atoms with van der Waals surface area (Å²) in [6.45, 7) is 8.82. The quantitative estimate of drug-likeness (QED) is 0.305. The van der Waals surface area contributed by atoms with Crippen molar-refractivity contribution >= 4 is 11.0 Å². The highest BCUT2D eigenvalue weighted by Crippen LogP contribution is 2.48. The van der Waals surface area contributed by atoms with E-state index in [2.05, 4.69) is 97.7 Å². The third kappa shape index (κ3) is 3.56. The topological polar surface area (TPSA) is 61.8 Å². The van der Waals surface area contributed by atoms with E-state index in [4.69, 9.17) is 0 Å². The Morgan fingerprint density at radius 3 is 1.88 bits per heavy atom. The molecular formula is C30H29N3O. The molecule has 4 heteroatoms. The van der Waals surface area contributed by atoms with Crippen LogP contribution in [0.1, 0.15) is 49.9 Å². The minimum absolute atomic E-state index is 0.304. The predicted octanol–water partition coefficient (Wildman–Crippen LogP) is 6.98. The van der Waals surface area contributed by atoms with Gasteiger partial charge in [0.15, 0.2) is 0 Å². The van der Waals surface area contributed by atoms with Gasteiger partial charge in [0.1, 0.15) is 16.8 Å². The molecule has 0 aliphatic rings. The smallest absolute Gasteiger partial charge is 0.127 e. The molecule has 5 aromatic rings. The maximum Gasteiger partial charge on any atom is 0.127 e. The van der Waals surface area contributed by atoms with Crippen LogP contribution in [-0.2, 0) is 10.8 Å². The van der Waals surface area contributed by atoms with E-state index in [1.54, 1.807) is 0 Å². The van der Waals surface area contributed by atoms with Crippen molar-refractivity contribution < 1.29 is 5.11 Å². The van der Waals surface area contributed by atoms with E-state index >= 15 is 0 Å². The normalized spacial score (nSPS) is 12.2. The lowest BCUT2D eigenvalue weighted by Gasteiger charge is -2.36. The number of nitrogens with zero attached hydrogens (tertiary/aromatic N) is 2. The average Bonchev–Trinajstić information content (AvgIpc) is 3.33. The fourth-order valence-corrected chi connectivity index (χ4v) is 4.99. The van der Waals surface area contributed by atoms with Crippen molar-refractivity contribution in [3.63, 3.8) is 0 Å². The molecule has 0 fully saturated rings. The summed E-state index contributed by atoms with van der Waals surface area (Å²) in [6.07, 6.45) is 0. The highest BCUT2D eigenvalue weighted by molar-refractivity contribution is 5.84. The molecule has 0 radical (unpaired) electrons. The lowest BCUT2D eigenvalue weighted by molar-refractivity contribution is 0.447. The number of benzene rings is 4. The molecule has 170 valence electrons. The van der Waals surface area contributed by atoms with Crippen LogP contribution >= 0.6 is 0 Å². The van der Waals surface area contributed by atoms with Gasteiger partial charge in [0.25, 0.3) is 0 Å². The Morgan fingerprint density at radius 1 is 0.647 bits per heavy atom. The van der Waals surface area contributed by atoms with Crippen molar-refractivity contribution in [1.82, 2.24) is 15.4 Å². The van der Waals surface area contributed by atoms with Gasteiger partial charge >= 0.3 is 0 Å². The van der Waals surface area contributed by atoms with Gasteiger partial charge < -0.3 is 5.11 Å². The van der Waals surface area contributed by atoms with Crippen LogP contribution in [0.4, 0.5) is 0 Å². The summed E-state index contributed by atoms with van der Waals surface area (Å²) < 4.78 is 0. The van der Waals surface area contributed by atoms with Crippen LogP contribution in [0.2, 0.25) is 0 Å². The number of hydrogen-bond acceptors (Lipinski definition) is 3. The van der Waals surface area contributed by atoms with Crippen LogP contribution in [0.15, 0.2) is 91.0 Å². The van der Waals surface area contributed by atoms with Crippen LogP contribution in [-0.4, -0.2) is 20.5 Å². The maximum absolute atomic E-state index is 11.9. The fraction of sp³-hybridized carbons (Fsp3) is 0.200. The molecule has 2 N–H and O–H groups in total. The number of hydrogen-bond donors (Lipinski definition) is 2. The number of nitrogens with one attached hydrogen (secondary N) is 1. The molecule has 0 saturated carbocycles. The summed E-state index contributed by atoms with van der Waals surface area (Å²) in [7, 11) is 0. The number of H-pyrrole nitrogens is 1. The van der Waals surface area contributed by atoms with E-state index in [9.17, 15) is 5.11 Å². The number of rotatable bonds is 5. The Hall–Kier alpha value is -3.92. The number of phenols is 1. The number of aromatic nitrogens is 3. The molecule has 4 aromatic carbocycles. The molecule has 4 nitrogen and oxygen atoms in total. The van der Waals surface area contributed by atoms with Gasteiger partial charge in [-0.05, 0) is 34.4 Å². The van der Waals surface area contributed by atoms with Gasteiger partial charge in [0.2, 0.25) is 0 Å². The predicted molar refractivity (Wildman–Crippen MR) is 138 cm³/mol. The summed E-state index contributed by atoms with van der Waals surface area (Å²) in [5, 5.41) is 23.0. The monoisotopic (exact) mass is 447 g/mol. The largest absolute Gasteiger partial charge is 0.507 e. The molecular weight excluding hydrogens is 418 g/mol. The van der Waals surface area contributed by atoms with Crippen molar-refractivity contribution in [2.75, 3.05) is 0 Å².